The number of amides is 4. The van der Waals surface area contributed by atoms with Crippen LogP contribution in [-0.2, 0) is 81.4 Å². The van der Waals surface area contributed by atoms with Gasteiger partial charge in [-0.15, -0.1) is 0 Å². The van der Waals surface area contributed by atoms with Crippen molar-refractivity contribution in [2.45, 2.75) is 419 Å². The smallest absolute Gasteiger partial charge is 0.306 e. The number of ether oxygens (including phenoxy) is 5. The number of hydrogen-bond donors (Lipinski definition) is 5. The van der Waals surface area contributed by atoms with Crippen molar-refractivity contribution in [2.24, 2.45) is 5.92 Å². The molecule has 1 rings (SSSR count). The summed E-state index contributed by atoms with van der Waals surface area (Å²) in [7, 11) is -8.38. The van der Waals surface area contributed by atoms with Crippen LogP contribution in [-0.4, -0.2) is 146 Å². The maximum atomic E-state index is 14.1. The highest BCUT2D eigenvalue weighted by atomic mass is 31.2. The molecule has 26 heteroatoms. The number of esters is 2. The first-order chi connectivity index (χ1) is 58.8. The summed E-state index contributed by atoms with van der Waals surface area (Å²) in [4.78, 5) is 108. The average Bonchev–Trinajstić information content (AvgIpc) is 0.859. The Bertz CT molecular complexity index is 2650. The fourth-order valence-electron chi connectivity index (χ4n) is 14.1. The summed E-state index contributed by atoms with van der Waals surface area (Å²) in [6.07, 6.45) is 60.9. The molecule has 0 bridgehead atoms. The Morgan fingerprint density at radius 2 is 0.694 bits per heavy atom. The number of unbranched alkanes of at least 4 members (excludes halogenated alkanes) is 38. The molecule has 0 aliphatic carbocycles. The van der Waals surface area contributed by atoms with Crippen molar-refractivity contribution in [3.05, 3.63) is 54.1 Å². The van der Waals surface area contributed by atoms with Gasteiger partial charge in [-0.1, -0.05) is 296 Å². The minimum Gasteiger partial charge on any atom is -0.756 e. The zero-order valence-corrected chi connectivity index (χ0v) is 78.8. The topological polar surface area (TPSA) is 326 Å². The van der Waals surface area contributed by atoms with Crippen molar-refractivity contribution in [2.75, 3.05) is 86.1 Å². The standard InChI is InChI=1S/C95H175N5O19P2/c1-8-14-20-26-30-34-36-40-42-48-54-60-90(101)99-84(79-111-73-68-87(58-52-46-24-18-12-5)118-92(103)62-56-50-44-38-32-28-22-16-10-3)81-116-120(107,108)114-76-71-97-94(105)89(78-83-64-66-86(67-65-83)113-75-70-96-7)95(106)98-72-77-115-121(109,110)117-82-85(100-91(102)61-55-49-43-41-37-35-31-27-21-15-9-2)80-112-74-69-88(59-53-47-25-19-13-6)119-93(104)63-57-51-45-39-33-29-23-17-11-4/h38-39,44-45,64-67,84-85,87-89,96H,8-37,40-43,46-63,68-82H2,1-7H3,(H,97,105)(H,98,106)(H,99,101)(H,100,102)(H,107,108)(H,109,110)/p-2/b44-38-,45-39-. The van der Waals surface area contributed by atoms with Crippen molar-refractivity contribution in [3.8, 4) is 5.75 Å². The van der Waals surface area contributed by atoms with E-state index in [9.17, 15) is 47.7 Å². The fraction of sp³-hybridized carbons (Fsp3) is 0.832. The summed E-state index contributed by atoms with van der Waals surface area (Å²) < 4.78 is 78.1. The summed E-state index contributed by atoms with van der Waals surface area (Å²) in [6, 6.07) is 5.01. The van der Waals surface area contributed by atoms with Gasteiger partial charge in [0.1, 0.15) is 30.5 Å². The number of likely N-dealkylation sites (N-methyl/N-ethyl adjacent to an activating group) is 1. The predicted octanol–water partition coefficient (Wildman–Crippen LogP) is 20.8. The van der Waals surface area contributed by atoms with Crippen LogP contribution < -0.4 is 41.1 Å². The number of nitrogens with one attached hydrogen (secondary N) is 5. The third-order valence-electron chi connectivity index (χ3n) is 21.5. The van der Waals surface area contributed by atoms with Gasteiger partial charge in [-0.2, -0.15) is 0 Å². The molecule has 0 aromatic heterocycles. The number of rotatable bonds is 90. The molecule has 4 amide bonds. The molecule has 0 radical (unpaired) electrons. The van der Waals surface area contributed by atoms with Gasteiger partial charge in [0.25, 0.3) is 15.6 Å². The second-order valence-corrected chi connectivity index (χ2v) is 35.8. The van der Waals surface area contributed by atoms with Gasteiger partial charge < -0.3 is 78.2 Å². The quantitative estimate of drug-likeness (QED) is 0.0133. The van der Waals surface area contributed by atoms with Crippen LogP contribution in [0.4, 0.5) is 0 Å². The molecule has 1 aromatic carbocycles. The van der Waals surface area contributed by atoms with Gasteiger partial charge in [0.2, 0.25) is 23.6 Å². The molecular weight excluding hydrogens is 1580 g/mol. The van der Waals surface area contributed by atoms with E-state index >= 15 is 0 Å². The Hall–Kier alpha value is -4.58. The molecule has 121 heavy (non-hydrogen) atoms. The van der Waals surface area contributed by atoms with Crippen LogP contribution in [0.3, 0.4) is 0 Å². The van der Waals surface area contributed by atoms with Gasteiger partial charge in [-0.05, 0) is 121 Å². The molecule has 0 heterocycles. The first kappa shape index (κ1) is 114. The molecule has 1 aromatic rings. The lowest BCUT2D eigenvalue weighted by molar-refractivity contribution is -0.227. The van der Waals surface area contributed by atoms with Gasteiger partial charge >= 0.3 is 11.9 Å². The monoisotopic (exact) mass is 1750 g/mol. The van der Waals surface area contributed by atoms with Crippen LogP contribution in [0.15, 0.2) is 48.6 Å². The van der Waals surface area contributed by atoms with Crippen LogP contribution in [0, 0.1) is 5.92 Å². The van der Waals surface area contributed by atoms with E-state index in [1.807, 2.05) is 0 Å². The highest BCUT2D eigenvalue weighted by Crippen LogP contribution is 2.39. The van der Waals surface area contributed by atoms with Crippen LogP contribution in [0.25, 0.3) is 0 Å². The molecular formula is C95H173N5O19P2-2. The minimum atomic E-state index is -5.09. The molecule has 6 unspecified atom stereocenters. The maximum absolute atomic E-state index is 14.1. The molecule has 5 N–H and O–H groups in total. The third kappa shape index (κ3) is 73.2. The summed E-state index contributed by atoms with van der Waals surface area (Å²) in [6.45, 7) is 11.3. The minimum absolute atomic E-state index is 0.105. The maximum Gasteiger partial charge on any atom is 0.306 e. The Morgan fingerprint density at radius 1 is 0.364 bits per heavy atom. The van der Waals surface area contributed by atoms with Gasteiger partial charge in [0.05, 0.1) is 64.9 Å². The number of benzene rings is 1. The normalized spacial score (nSPS) is 14.0. The number of hydrogen-bond acceptors (Lipinski definition) is 20. The van der Waals surface area contributed by atoms with Crippen molar-refractivity contribution >= 4 is 51.2 Å². The van der Waals surface area contributed by atoms with E-state index in [2.05, 4.69) is 92.4 Å². The predicted molar refractivity (Wildman–Crippen MR) is 485 cm³/mol. The van der Waals surface area contributed by atoms with Crippen LogP contribution >= 0.6 is 15.6 Å². The number of carbonyl (C=O) groups excluding carboxylic acids is 6. The Balaban J connectivity index is 3.22. The second kappa shape index (κ2) is 82.4. The van der Waals surface area contributed by atoms with Crippen LogP contribution in [0.5, 0.6) is 5.75 Å². The van der Waals surface area contributed by atoms with Gasteiger partial charge in [-0.25, -0.2) is 0 Å². The average molecular weight is 1750 g/mol. The highest BCUT2D eigenvalue weighted by Gasteiger charge is 2.28. The number of phosphoric acid groups is 2. The molecule has 0 aliphatic heterocycles. The number of carbonyl (C=O) groups is 6. The van der Waals surface area contributed by atoms with E-state index in [0.29, 0.717) is 88.7 Å². The van der Waals surface area contributed by atoms with Crippen LogP contribution in [0.1, 0.15) is 394 Å². The summed E-state index contributed by atoms with van der Waals surface area (Å²) >= 11 is 0. The van der Waals surface area contributed by atoms with Crippen molar-refractivity contribution < 1.29 is 89.5 Å². The Kier molecular flexibility index (Phi) is 77.9. The molecule has 0 saturated heterocycles. The van der Waals surface area contributed by atoms with E-state index in [-0.39, 0.29) is 94.7 Å². The lowest BCUT2D eigenvalue weighted by Crippen LogP contribution is -2.44. The molecule has 6 atom stereocenters. The summed E-state index contributed by atoms with van der Waals surface area (Å²) in [5.41, 5.74) is 0.574. The van der Waals surface area contributed by atoms with Gasteiger partial charge in [0.15, 0.2) is 0 Å². The molecule has 0 fully saturated rings. The molecule has 24 nitrogen and oxygen atoms in total. The van der Waals surface area contributed by atoms with E-state index < -0.39 is 71.9 Å². The molecule has 0 spiro atoms. The molecule has 0 aliphatic rings. The zero-order chi connectivity index (χ0) is 88.4. The SMILES string of the molecule is CCCCCC/C=C\CCCC(=O)OC(CCCCCCC)CCOCC(COP(=O)([O-])OCCNC(=O)C(Cc1ccc(OCCNC)cc1)C(=O)NCCOP(=O)([O-])OCC(COCCC(CCCCCCC)OC(=O)CCC/C=C\CCCCCC)NC(=O)CCCCCCCCCCCCC)NC(=O)CCCCCCCCCCCCC. The summed E-state index contributed by atoms with van der Waals surface area (Å²) in [5.74, 6) is -3.52. The Labute approximate surface area is 734 Å². The van der Waals surface area contributed by atoms with E-state index in [1.165, 1.54) is 128 Å². The van der Waals surface area contributed by atoms with Gasteiger partial charge in [0, 0.05) is 58.2 Å². The number of phosphoric ester groups is 2. The Morgan fingerprint density at radius 3 is 1.05 bits per heavy atom. The molecule has 704 valence electrons. The van der Waals surface area contributed by atoms with Crippen molar-refractivity contribution in [3.63, 3.8) is 0 Å². The van der Waals surface area contributed by atoms with Crippen LogP contribution in [0.2, 0.25) is 0 Å². The van der Waals surface area contributed by atoms with Crippen molar-refractivity contribution in [1.82, 2.24) is 26.6 Å². The van der Waals surface area contributed by atoms with E-state index in [0.717, 1.165) is 141 Å². The van der Waals surface area contributed by atoms with E-state index in [4.69, 9.17) is 41.8 Å². The van der Waals surface area contributed by atoms with Crippen molar-refractivity contribution in [1.29, 1.82) is 0 Å². The first-order valence-electron chi connectivity index (χ1n) is 48.4. The first-order valence-corrected chi connectivity index (χ1v) is 51.3. The van der Waals surface area contributed by atoms with Gasteiger partial charge in [-0.3, -0.25) is 37.9 Å². The third-order valence-corrected chi connectivity index (χ3v) is 23.4. The molecule has 0 saturated carbocycles. The fourth-order valence-corrected chi connectivity index (χ4v) is 15.6. The number of allylic oxidation sites excluding steroid dienone is 4. The van der Waals surface area contributed by atoms with E-state index in [1.54, 1.807) is 31.3 Å². The highest BCUT2D eigenvalue weighted by molar-refractivity contribution is 7.46. The lowest BCUT2D eigenvalue weighted by Gasteiger charge is -2.27. The second-order valence-electron chi connectivity index (χ2n) is 33.0. The largest absolute Gasteiger partial charge is 0.756 e. The lowest BCUT2D eigenvalue weighted by atomic mass is 9.97. The zero-order valence-electron chi connectivity index (χ0n) is 77.0. The summed E-state index contributed by atoms with van der Waals surface area (Å²) in [5, 5.41) is 14.0.